The molecule has 1 heterocycles. The summed E-state index contributed by atoms with van der Waals surface area (Å²) in [6, 6.07) is 15.5. The maximum Gasteiger partial charge on any atom is 0.274 e. The van der Waals surface area contributed by atoms with Crippen LogP contribution in [0.25, 0.3) is 21.9 Å². The largest absolute Gasteiger partial charge is 0.505 e. The third-order valence-electron chi connectivity index (χ3n) is 3.84. The van der Waals surface area contributed by atoms with Gasteiger partial charge >= 0.3 is 0 Å². The number of aromatic nitrogens is 1. The molecule has 5 heteroatoms. The Morgan fingerprint density at radius 1 is 1.12 bits per heavy atom. The molecule has 0 saturated carbocycles. The second-order valence-corrected chi connectivity index (χ2v) is 5.40. The average molecular weight is 320 g/mol. The van der Waals surface area contributed by atoms with Crippen molar-refractivity contribution in [1.29, 1.82) is 0 Å². The molecule has 1 aromatic heterocycles. The van der Waals surface area contributed by atoms with Gasteiger partial charge in [0.15, 0.2) is 11.4 Å². The Hall–Kier alpha value is -3.21. The van der Waals surface area contributed by atoms with Crippen LogP contribution in [-0.4, -0.2) is 28.8 Å². The minimum Gasteiger partial charge on any atom is -0.505 e. The molecule has 120 valence electrons. The second kappa shape index (κ2) is 6.50. The number of pyridine rings is 1. The van der Waals surface area contributed by atoms with Gasteiger partial charge in [0.2, 0.25) is 0 Å². The molecule has 1 amide bonds. The monoisotopic (exact) mass is 320 g/mol. The van der Waals surface area contributed by atoms with Crippen LogP contribution in [0.2, 0.25) is 0 Å². The highest BCUT2D eigenvalue weighted by Gasteiger charge is 2.17. The molecular formula is C19H16N2O3. The quantitative estimate of drug-likeness (QED) is 0.725. The standard InChI is InChI=1S/C19H16N2O3/c1-12-16-11-14(13-5-3-2-4-6-13)7-8-15(16)18(23)17(21-12)19(24)20-9-10-22/h2-8,10-11,23H,9H2,1H3,(H,20,24). The van der Waals surface area contributed by atoms with Gasteiger partial charge in [-0.25, -0.2) is 4.98 Å². The van der Waals surface area contributed by atoms with Gasteiger partial charge in [-0.05, 0) is 30.2 Å². The van der Waals surface area contributed by atoms with E-state index in [1.807, 2.05) is 42.5 Å². The van der Waals surface area contributed by atoms with Crippen molar-refractivity contribution in [3.63, 3.8) is 0 Å². The van der Waals surface area contributed by atoms with Gasteiger partial charge in [-0.1, -0.05) is 36.4 Å². The van der Waals surface area contributed by atoms with Gasteiger partial charge in [-0.2, -0.15) is 0 Å². The fourth-order valence-corrected chi connectivity index (χ4v) is 2.65. The lowest BCUT2D eigenvalue weighted by Gasteiger charge is -2.11. The van der Waals surface area contributed by atoms with Crippen molar-refractivity contribution in [1.82, 2.24) is 10.3 Å². The highest BCUT2D eigenvalue weighted by Crippen LogP contribution is 2.32. The molecule has 0 aliphatic heterocycles. The van der Waals surface area contributed by atoms with Crippen LogP contribution in [0.15, 0.2) is 48.5 Å². The summed E-state index contributed by atoms with van der Waals surface area (Å²) in [5.41, 5.74) is 2.63. The molecule has 0 spiro atoms. The van der Waals surface area contributed by atoms with Crippen LogP contribution in [0.5, 0.6) is 5.75 Å². The Morgan fingerprint density at radius 2 is 1.88 bits per heavy atom. The minimum atomic E-state index is -0.572. The summed E-state index contributed by atoms with van der Waals surface area (Å²) in [6.45, 7) is 1.66. The summed E-state index contributed by atoms with van der Waals surface area (Å²) in [5, 5.41) is 14.1. The molecule has 0 fully saturated rings. The molecule has 0 aliphatic rings. The summed E-state index contributed by atoms with van der Waals surface area (Å²) >= 11 is 0. The van der Waals surface area contributed by atoms with Crippen LogP contribution < -0.4 is 5.32 Å². The number of nitrogens with one attached hydrogen (secondary N) is 1. The van der Waals surface area contributed by atoms with Crippen molar-refractivity contribution in [2.45, 2.75) is 6.92 Å². The second-order valence-electron chi connectivity index (χ2n) is 5.40. The first kappa shape index (κ1) is 15.7. The summed E-state index contributed by atoms with van der Waals surface area (Å²) < 4.78 is 0. The first-order valence-electron chi connectivity index (χ1n) is 7.52. The van der Waals surface area contributed by atoms with Gasteiger partial charge < -0.3 is 15.2 Å². The molecule has 3 aromatic rings. The molecule has 3 rings (SSSR count). The molecule has 2 N–H and O–H groups in total. The number of hydrogen-bond acceptors (Lipinski definition) is 4. The zero-order chi connectivity index (χ0) is 17.1. The summed E-state index contributed by atoms with van der Waals surface area (Å²) in [5.74, 6) is -0.754. The number of rotatable bonds is 4. The van der Waals surface area contributed by atoms with E-state index in [1.165, 1.54) is 0 Å². The molecule has 0 unspecified atom stereocenters. The molecular weight excluding hydrogens is 304 g/mol. The lowest BCUT2D eigenvalue weighted by Crippen LogP contribution is -2.26. The number of amides is 1. The lowest BCUT2D eigenvalue weighted by atomic mass is 9.99. The first-order valence-corrected chi connectivity index (χ1v) is 7.52. The summed E-state index contributed by atoms with van der Waals surface area (Å²) in [7, 11) is 0. The third kappa shape index (κ3) is 2.84. The van der Waals surface area contributed by atoms with E-state index in [0.29, 0.717) is 17.4 Å². The van der Waals surface area contributed by atoms with Gasteiger partial charge in [0.1, 0.15) is 6.29 Å². The Bertz CT molecular complexity index is 921. The maximum absolute atomic E-state index is 12.0. The van der Waals surface area contributed by atoms with E-state index >= 15 is 0 Å². The van der Waals surface area contributed by atoms with Crippen molar-refractivity contribution in [2.75, 3.05) is 6.54 Å². The number of fused-ring (bicyclic) bond motifs is 1. The zero-order valence-corrected chi connectivity index (χ0v) is 13.1. The SMILES string of the molecule is Cc1nc(C(=O)NCC=O)c(O)c2ccc(-c3ccccc3)cc12. The molecule has 2 aromatic carbocycles. The Labute approximate surface area is 139 Å². The number of hydrogen-bond donors (Lipinski definition) is 2. The first-order chi connectivity index (χ1) is 11.6. The molecule has 0 atom stereocenters. The van der Waals surface area contributed by atoms with Crippen molar-refractivity contribution >= 4 is 23.0 Å². The predicted molar refractivity (Wildman–Crippen MR) is 92.0 cm³/mol. The van der Waals surface area contributed by atoms with Crippen LogP contribution in [0.3, 0.4) is 0 Å². The molecule has 0 bridgehead atoms. The smallest absolute Gasteiger partial charge is 0.274 e. The van der Waals surface area contributed by atoms with Crippen LogP contribution in [0.1, 0.15) is 16.2 Å². The number of carbonyl (C=O) groups is 2. The number of carbonyl (C=O) groups excluding carboxylic acids is 2. The van der Waals surface area contributed by atoms with Crippen LogP contribution in [0, 0.1) is 6.92 Å². The van der Waals surface area contributed by atoms with E-state index in [9.17, 15) is 14.7 Å². The van der Waals surface area contributed by atoms with Crippen molar-refractivity contribution in [2.24, 2.45) is 0 Å². The van der Waals surface area contributed by atoms with E-state index < -0.39 is 5.91 Å². The molecule has 24 heavy (non-hydrogen) atoms. The third-order valence-corrected chi connectivity index (χ3v) is 3.84. The van der Waals surface area contributed by atoms with Gasteiger partial charge in [0.05, 0.1) is 6.54 Å². The number of aryl methyl sites for hydroxylation is 1. The summed E-state index contributed by atoms with van der Waals surface area (Å²) in [4.78, 5) is 26.6. The number of aromatic hydroxyl groups is 1. The topological polar surface area (TPSA) is 79.3 Å². The van der Waals surface area contributed by atoms with Crippen molar-refractivity contribution in [3.05, 3.63) is 59.9 Å². The minimum absolute atomic E-state index is 0.0747. The van der Waals surface area contributed by atoms with Crippen LogP contribution >= 0.6 is 0 Å². The number of nitrogens with zero attached hydrogens (tertiary/aromatic N) is 1. The molecule has 0 radical (unpaired) electrons. The maximum atomic E-state index is 12.0. The molecule has 5 nitrogen and oxygen atoms in total. The Morgan fingerprint density at radius 3 is 2.58 bits per heavy atom. The van der Waals surface area contributed by atoms with Crippen LogP contribution in [0.4, 0.5) is 0 Å². The Balaban J connectivity index is 2.11. The molecule has 0 saturated heterocycles. The Kier molecular flexibility index (Phi) is 4.24. The highest BCUT2D eigenvalue weighted by molar-refractivity contribution is 6.03. The normalized spacial score (nSPS) is 10.5. The highest BCUT2D eigenvalue weighted by atomic mass is 16.3. The number of aldehydes is 1. The van der Waals surface area contributed by atoms with Crippen molar-refractivity contribution < 1.29 is 14.7 Å². The van der Waals surface area contributed by atoms with Gasteiger partial charge in [0.25, 0.3) is 5.91 Å². The van der Waals surface area contributed by atoms with E-state index in [0.717, 1.165) is 16.5 Å². The number of benzene rings is 2. The van der Waals surface area contributed by atoms with Gasteiger partial charge in [0, 0.05) is 16.5 Å². The summed E-state index contributed by atoms with van der Waals surface area (Å²) in [6.07, 6.45) is 0.578. The van der Waals surface area contributed by atoms with E-state index in [4.69, 9.17) is 0 Å². The van der Waals surface area contributed by atoms with Crippen LogP contribution in [-0.2, 0) is 4.79 Å². The van der Waals surface area contributed by atoms with Crippen molar-refractivity contribution in [3.8, 4) is 16.9 Å². The predicted octanol–water partition coefficient (Wildman–Crippen LogP) is 2.84. The van der Waals surface area contributed by atoms with Gasteiger partial charge in [-0.3, -0.25) is 4.79 Å². The van der Waals surface area contributed by atoms with E-state index in [2.05, 4.69) is 10.3 Å². The molecule has 0 aliphatic carbocycles. The fourth-order valence-electron chi connectivity index (χ4n) is 2.65. The van der Waals surface area contributed by atoms with E-state index in [-0.39, 0.29) is 18.0 Å². The van der Waals surface area contributed by atoms with Gasteiger partial charge in [-0.15, -0.1) is 0 Å². The zero-order valence-electron chi connectivity index (χ0n) is 13.1. The lowest BCUT2D eigenvalue weighted by molar-refractivity contribution is -0.107. The van der Waals surface area contributed by atoms with E-state index in [1.54, 1.807) is 13.0 Å². The fraction of sp³-hybridized carbons (Fsp3) is 0.105. The average Bonchev–Trinajstić information content (AvgIpc) is 2.63.